The molecule has 2 aliphatic rings. The highest BCUT2D eigenvalue weighted by Gasteiger charge is 2.35. The van der Waals surface area contributed by atoms with Crippen LogP contribution in [-0.4, -0.2) is 28.0 Å². The first-order valence-electron chi connectivity index (χ1n) is 8.50. The number of fused-ring (bicyclic) bond motifs is 4. The first-order valence-corrected chi connectivity index (χ1v) is 8.50. The first-order chi connectivity index (χ1) is 11.3. The van der Waals surface area contributed by atoms with Crippen molar-refractivity contribution in [1.82, 2.24) is 14.5 Å². The van der Waals surface area contributed by atoms with Gasteiger partial charge in [0.2, 0.25) is 0 Å². The molecule has 3 heteroatoms. The minimum atomic E-state index is 0.337. The van der Waals surface area contributed by atoms with Crippen molar-refractivity contribution in [3.8, 4) is 0 Å². The van der Waals surface area contributed by atoms with Gasteiger partial charge in [0.05, 0.1) is 12.1 Å². The minimum absolute atomic E-state index is 0.337. The third kappa shape index (κ3) is 1.71. The van der Waals surface area contributed by atoms with E-state index in [2.05, 4.69) is 65.0 Å². The van der Waals surface area contributed by atoms with Crippen LogP contribution in [0.2, 0.25) is 0 Å². The van der Waals surface area contributed by atoms with Crippen molar-refractivity contribution in [1.29, 1.82) is 0 Å². The molecular weight excluding hydrogens is 282 g/mol. The third-order valence-electron chi connectivity index (χ3n) is 5.82. The smallest absolute Gasteiger partial charge is 0.0579 e. The van der Waals surface area contributed by atoms with E-state index in [-0.39, 0.29) is 0 Å². The normalized spacial score (nSPS) is 23.4. The molecule has 2 atom stereocenters. The molecular formula is C20H21N3. The summed E-state index contributed by atoms with van der Waals surface area (Å²) in [6.07, 6.45) is 6.24. The Morgan fingerprint density at radius 2 is 2.04 bits per heavy atom. The van der Waals surface area contributed by atoms with Gasteiger partial charge in [-0.05, 0) is 55.6 Å². The van der Waals surface area contributed by atoms with Crippen LogP contribution < -0.4 is 0 Å². The summed E-state index contributed by atoms with van der Waals surface area (Å²) < 4.78 is 2.58. The Morgan fingerprint density at radius 1 is 1.17 bits per heavy atom. The molecule has 0 bridgehead atoms. The standard InChI is InChI=1S/C20H21N3/c1-13-17-12-21-9-7-14(17)11-19-20-16(8-10-22(19)2)15-5-3-4-6-18(15)23(13)20/h3-7,9,12-13,19H,8,10-11H2,1-2H3. The molecule has 116 valence electrons. The van der Waals surface area contributed by atoms with Gasteiger partial charge in [-0.3, -0.25) is 9.88 Å². The molecule has 0 aliphatic carbocycles. The maximum absolute atomic E-state index is 4.41. The lowest BCUT2D eigenvalue weighted by Crippen LogP contribution is -2.34. The number of hydrogen-bond donors (Lipinski definition) is 0. The molecule has 0 N–H and O–H groups in total. The Hall–Kier alpha value is -2.13. The SMILES string of the molecule is CC1c2cnccc2CC2c3c(c4ccccc4n31)CCN2C. The lowest BCUT2D eigenvalue weighted by molar-refractivity contribution is 0.222. The molecule has 2 aromatic heterocycles. The Morgan fingerprint density at radius 3 is 2.96 bits per heavy atom. The van der Waals surface area contributed by atoms with Gasteiger partial charge in [0.1, 0.15) is 0 Å². The highest BCUT2D eigenvalue weighted by Crippen LogP contribution is 2.44. The average molecular weight is 303 g/mol. The second kappa shape index (κ2) is 4.68. The first kappa shape index (κ1) is 13.3. The van der Waals surface area contributed by atoms with Gasteiger partial charge in [0.25, 0.3) is 0 Å². The van der Waals surface area contributed by atoms with Crippen LogP contribution in [0.5, 0.6) is 0 Å². The number of benzene rings is 1. The molecule has 0 fully saturated rings. The van der Waals surface area contributed by atoms with Crippen LogP contribution in [0, 0.1) is 0 Å². The van der Waals surface area contributed by atoms with Crippen molar-refractivity contribution in [2.75, 3.05) is 13.6 Å². The molecule has 0 saturated carbocycles. The second-order valence-corrected chi connectivity index (χ2v) is 6.95. The van der Waals surface area contributed by atoms with Crippen molar-refractivity contribution in [2.45, 2.75) is 31.8 Å². The molecule has 0 radical (unpaired) electrons. The summed E-state index contributed by atoms with van der Waals surface area (Å²) >= 11 is 0. The van der Waals surface area contributed by atoms with Gasteiger partial charge in [0.15, 0.2) is 0 Å². The molecule has 0 amide bonds. The van der Waals surface area contributed by atoms with Crippen molar-refractivity contribution in [3.63, 3.8) is 0 Å². The summed E-state index contributed by atoms with van der Waals surface area (Å²) in [7, 11) is 2.27. The van der Waals surface area contributed by atoms with E-state index >= 15 is 0 Å². The topological polar surface area (TPSA) is 21.1 Å². The van der Waals surface area contributed by atoms with Crippen LogP contribution in [0.1, 0.15) is 41.4 Å². The number of aromatic nitrogens is 2. The minimum Gasteiger partial charge on any atom is -0.335 e. The van der Waals surface area contributed by atoms with Crippen molar-refractivity contribution in [3.05, 3.63) is 65.1 Å². The van der Waals surface area contributed by atoms with Crippen molar-refractivity contribution >= 4 is 10.9 Å². The zero-order valence-corrected chi connectivity index (χ0v) is 13.7. The fourth-order valence-corrected chi connectivity index (χ4v) is 4.64. The third-order valence-corrected chi connectivity index (χ3v) is 5.82. The highest BCUT2D eigenvalue weighted by molar-refractivity contribution is 5.86. The van der Waals surface area contributed by atoms with Crippen LogP contribution in [0.25, 0.3) is 10.9 Å². The van der Waals surface area contributed by atoms with E-state index in [0.29, 0.717) is 12.1 Å². The molecule has 2 aliphatic heterocycles. The van der Waals surface area contributed by atoms with Gasteiger partial charge in [-0.15, -0.1) is 0 Å². The van der Waals surface area contributed by atoms with Crippen LogP contribution in [0.4, 0.5) is 0 Å². The number of nitrogens with zero attached hydrogens (tertiary/aromatic N) is 3. The molecule has 3 aromatic rings. The molecule has 2 unspecified atom stereocenters. The lowest BCUT2D eigenvalue weighted by Gasteiger charge is -2.33. The van der Waals surface area contributed by atoms with E-state index in [1.165, 1.54) is 27.7 Å². The van der Waals surface area contributed by atoms with Gasteiger partial charge in [-0.25, -0.2) is 0 Å². The quantitative estimate of drug-likeness (QED) is 0.631. The Kier molecular flexibility index (Phi) is 2.71. The maximum Gasteiger partial charge on any atom is 0.0579 e. The van der Waals surface area contributed by atoms with Crippen molar-refractivity contribution < 1.29 is 0 Å². The number of hydrogen-bond acceptors (Lipinski definition) is 2. The molecule has 1 aromatic carbocycles. The van der Waals surface area contributed by atoms with Gasteiger partial charge in [-0.2, -0.15) is 0 Å². The number of para-hydroxylation sites is 1. The lowest BCUT2D eigenvalue weighted by atomic mass is 9.93. The number of likely N-dealkylation sites (N-methyl/N-ethyl adjacent to an activating group) is 1. The zero-order chi connectivity index (χ0) is 15.6. The van der Waals surface area contributed by atoms with Gasteiger partial charge in [0, 0.05) is 35.5 Å². The van der Waals surface area contributed by atoms with E-state index in [4.69, 9.17) is 0 Å². The van der Waals surface area contributed by atoms with Crippen LogP contribution >= 0.6 is 0 Å². The number of rotatable bonds is 0. The molecule has 5 rings (SSSR count). The monoisotopic (exact) mass is 303 g/mol. The summed E-state index contributed by atoms with van der Waals surface area (Å²) in [5.41, 5.74) is 7.30. The van der Waals surface area contributed by atoms with Crippen LogP contribution in [-0.2, 0) is 12.8 Å². The second-order valence-electron chi connectivity index (χ2n) is 6.95. The summed E-state index contributed by atoms with van der Waals surface area (Å²) in [5.74, 6) is 0. The van der Waals surface area contributed by atoms with E-state index in [1.807, 2.05) is 6.20 Å². The largest absolute Gasteiger partial charge is 0.335 e. The molecule has 3 nitrogen and oxygen atoms in total. The van der Waals surface area contributed by atoms with E-state index in [1.54, 1.807) is 5.56 Å². The van der Waals surface area contributed by atoms with Crippen LogP contribution in [0.3, 0.4) is 0 Å². The highest BCUT2D eigenvalue weighted by atomic mass is 15.2. The number of pyridine rings is 1. The summed E-state index contributed by atoms with van der Waals surface area (Å²) in [5, 5.41) is 1.44. The average Bonchev–Trinajstić information content (AvgIpc) is 2.85. The zero-order valence-electron chi connectivity index (χ0n) is 13.7. The van der Waals surface area contributed by atoms with E-state index < -0.39 is 0 Å². The molecule has 23 heavy (non-hydrogen) atoms. The predicted octanol–water partition coefficient (Wildman–Crippen LogP) is 3.73. The summed E-state index contributed by atoms with van der Waals surface area (Å²) in [4.78, 5) is 6.94. The van der Waals surface area contributed by atoms with E-state index in [0.717, 1.165) is 19.4 Å². The molecule has 4 heterocycles. The maximum atomic E-state index is 4.41. The fraction of sp³-hybridized carbons (Fsp3) is 0.350. The van der Waals surface area contributed by atoms with Gasteiger partial charge >= 0.3 is 0 Å². The van der Waals surface area contributed by atoms with Gasteiger partial charge in [-0.1, -0.05) is 18.2 Å². The van der Waals surface area contributed by atoms with Crippen LogP contribution in [0.15, 0.2) is 42.7 Å². The molecule has 0 saturated heterocycles. The van der Waals surface area contributed by atoms with Gasteiger partial charge < -0.3 is 4.57 Å². The predicted molar refractivity (Wildman–Crippen MR) is 92.8 cm³/mol. The Labute approximate surface area is 136 Å². The Balaban J connectivity index is 1.90. The molecule has 0 spiro atoms. The summed E-state index contributed by atoms with van der Waals surface area (Å²) in [6.45, 7) is 3.46. The summed E-state index contributed by atoms with van der Waals surface area (Å²) in [6, 6.07) is 11.9. The van der Waals surface area contributed by atoms with Crippen molar-refractivity contribution in [2.24, 2.45) is 0 Å². The Bertz CT molecular complexity index is 908. The fourth-order valence-electron chi connectivity index (χ4n) is 4.64. The van der Waals surface area contributed by atoms with E-state index in [9.17, 15) is 0 Å².